The van der Waals surface area contributed by atoms with Crippen LogP contribution in [0.1, 0.15) is 5.56 Å². The summed E-state index contributed by atoms with van der Waals surface area (Å²) in [4.78, 5) is 13.9. The van der Waals surface area contributed by atoms with Crippen LogP contribution in [0.3, 0.4) is 0 Å². The zero-order valence-corrected chi connectivity index (χ0v) is 10.9. The average Bonchev–Trinajstić information content (AvgIpc) is 2.65. The lowest BCUT2D eigenvalue weighted by Crippen LogP contribution is -2.03. The first-order valence-electron chi connectivity index (χ1n) is 5.88. The molecule has 0 unspecified atom stereocenters. The number of thioether (sulfide) groups is 1. The molecule has 3 rings (SSSR count). The number of aromatic nitrogens is 2. The molecule has 0 aliphatic carbocycles. The van der Waals surface area contributed by atoms with E-state index in [0.717, 1.165) is 29.0 Å². The maximum atomic E-state index is 8.60. The first-order chi connectivity index (χ1) is 9.40. The molecule has 1 aromatic carbocycles. The highest BCUT2D eigenvalue weighted by Crippen LogP contribution is 2.38. The van der Waals surface area contributed by atoms with E-state index in [1.165, 1.54) is 17.6 Å². The molecule has 1 aromatic heterocycles. The van der Waals surface area contributed by atoms with E-state index in [1.54, 1.807) is 0 Å². The predicted octanol–water partition coefficient (Wildman–Crippen LogP) is 2.43. The Balaban J connectivity index is 2.17. The first-order valence-corrected chi connectivity index (χ1v) is 6.87. The molecule has 1 aliphatic heterocycles. The summed E-state index contributed by atoms with van der Waals surface area (Å²) in [5.74, 6) is 1.57. The minimum Gasteiger partial charge on any atom is -0.290 e. The van der Waals surface area contributed by atoms with E-state index < -0.39 is 0 Å². The molecule has 2 heterocycles. The fourth-order valence-electron chi connectivity index (χ4n) is 2.12. The second kappa shape index (κ2) is 5.38. The van der Waals surface area contributed by atoms with E-state index in [2.05, 4.69) is 27.1 Å². The first kappa shape index (κ1) is 12.1. The molecular weight excluding hydrogens is 260 g/mol. The lowest BCUT2D eigenvalue weighted by Gasteiger charge is -2.08. The number of aliphatic imine (C=N–C) groups is 1. The van der Waals surface area contributed by atoms with Gasteiger partial charge in [0.2, 0.25) is 0 Å². The Kier molecular flexibility index (Phi) is 3.43. The summed E-state index contributed by atoms with van der Waals surface area (Å²) in [5, 5.41) is 8.60. The van der Waals surface area contributed by atoms with Crippen molar-refractivity contribution in [3.63, 3.8) is 0 Å². The second-order valence-corrected chi connectivity index (χ2v) is 5.14. The van der Waals surface area contributed by atoms with Crippen LogP contribution in [0.4, 0.5) is 5.82 Å². The number of nitrogens with one attached hydrogen (secondary N) is 1. The summed E-state index contributed by atoms with van der Waals surface area (Å²) in [7, 11) is 0. The van der Waals surface area contributed by atoms with Gasteiger partial charge in [-0.25, -0.2) is 15.0 Å². The van der Waals surface area contributed by atoms with Gasteiger partial charge in [-0.05, 0) is 12.5 Å². The minimum atomic E-state index is 0.601. The van der Waals surface area contributed by atoms with Crippen molar-refractivity contribution >= 4 is 23.9 Å². The van der Waals surface area contributed by atoms with Gasteiger partial charge in [-0.3, -0.25) is 10.7 Å². The van der Waals surface area contributed by atoms with Gasteiger partial charge in [-0.1, -0.05) is 18.2 Å². The monoisotopic (exact) mass is 272 g/mol. The molecule has 6 heteroatoms. The Morgan fingerprint density at radius 2 is 2.21 bits per heavy atom. The molecule has 0 radical (unpaired) electrons. The maximum absolute atomic E-state index is 8.60. The molecule has 0 saturated heterocycles. The van der Waals surface area contributed by atoms with E-state index >= 15 is 0 Å². The zero-order valence-electron chi connectivity index (χ0n) is 10.1. The van der Waals surface area contributed by atoms with Gasteiger partial charge in [-0.15, -0.1) is 11.8 Å². The number of rotatable bonds is 2. The minimum absolute atomic E-state index is 0.601. The van der Waals surface area contributed by atoms with Crippen LogP contribution in [0.2, 0.25) is 0 Å². The number of hydrogen-bond acceptors (Lipinski definition) is 5. The summed E-state index contributed by atoms with van der Waals surface area (Å²) in [5.41, 5.74) is 4.97. The van der Waals surface area contributed by atoms with Crippen molar-refractivity contribution in [2.75, 3.05) is 5.75 Å². The number of hydroxylamine groups is 1. The van der Waals surface area contributed by atoms with Gasteiger partial charge in [0.15, 0.2) is 5.82 Å². The Morgan fingerprint density at radius 1 is 1.32 bits per heavy atom. The number of nitrogens with zero attached hydrogens (tertiary/aromatic N) is 3. The highest BCUT2D eigenvalue weighted by Gasteiger charge is 2.18. The largest absolute Gasteiger partial charge is 0.290 e. The van der Waals surface area contributed by atoms with Crippen LogP contribution in [0, 0.1) is 0 Å². The third-order valence-electron chi connectivity index (χ3n) is 2.92. The lowest BCUT2D eigenvalue weighted by atomic mass is 10.0. The van der Waals surface area contributed by atoms with Crippen LogP contribution in [0.15, 0.2) is 40.5 Å². The van der Waals surface area contributed by atoms with Gasteiger partial charge < -0.3 is 0 Å². The molecule has 0 spiro atoms. The molecule has 5 nitrogen and oxygen atoms in total. The Hall–Kier alpha value is -1.92. The van der Waals surface area contributed by atoms with Gasteiger partial charge in [0.05, 0.1) is 5.69 Å². The Labute approximate surface area is 114 Å². The summed E-state index contributed by atoms with van der Waals surface area (Å²) in [6, 6.07) is 8.22. The number of benzene rings is 1. The summed E-state index contributed by atoms with van der Waals surface area (Å²) >= 11 is 1.81. The van der Waals surface area contributed by atoms with Crippen LogP contribution in [-0.2, 0) is 6.42 Å². The van der Waals surface area contributed by atoms with Crippen molar-refractivity contribution in [3.05, 3.63) is 36.2 Å². The fourth-order valence-corrected chi connectivity index (χ4v) is 3.14. The topological polar surface area (TPSA) is 70.4 Å². The van der Waals surface area contributed by atoms with Crippen LogP contribution in [-0.4, -0.2) is 27.3 Å². The van der Waals surface area contributed by atoms with Crippen molar-refractivity contribution in [1.29, 1.82) is 0 Å². The van der Waals surface area contributed by atoms with E-state index in [0.29, 0.717) is 5.82 Å². The van der Waals surface area contributed by atoms with Crippen LogP contribution >= 0.6 is 11.8 Å². The van der Waals surface area contributed by atoms with Gasteiger partial charge in [0.1, 0.15) is 12.7 Å². The van der Waals surface area contributed by atoms with Crippen molar-refractivity contribution in [2.24, 2.45) is 4.99 Å². The lowest BCUT2D eigenvalue weighted by molar-refractivity contribution is 0.240. The molecule has 1 aliphatic rings. The Morgan fingerprint density at radius 3 is 3.11 bits per heavy atom. The van der Waals surface area contributed by atoms with E-state index in [9.17, 15) is 0 Å². The third-order valence-corrected chi connectivity index (χ3v) is 3.99. The summed E-state index contributed by atoms with van der Waals surface area (Å²) < 4.78 is 0. The molecule has 96 valence electrons. The predicted molar refractivity (Wildman–Crippen MR) is 75.0 cm³/mol. The van der Waals surface area contributed by atoms with E-state index in [-0.39, 0.29) is 0 Å². The smallest absolute Gasteiger partial charge is 0.160 e. The summed E-state index contributed by atoms with van der Waals surface area (Å²) in [6.45, 7) is 0. The van der Waals surface area contributed by atoms with Crippen molar-refractivity contribution in [2.45, 2.75) is 11.3 Å². The van der Waals surface area contributed by atoms with Crippen LogP contribution in [0.5, 0.6) is 0 Å². The van der Waals surface area contributed by atoms with Crippen molar-refractivity contribution in [1.82, 2.24) is 15.4 Å². The maximum Gasteiger partial charge on any atom is 0.160 e. The molecule has 0 fully saturated rings. The normalized spacial score (nSPS) is 13.7. The van der Waals surface area contributed by atoms with Crippen LogP contribution in [0.25, 0.3) is 11.3 Å². The summed E-state index contributed by atoms with van der Waals surface area (Å²) in [6.07, 6.45) is 3.58. The molecule has 0 saturated carbocycles. The number of fused-ring (bicyclic) bond motifs is 3. The molecule has 2 N–H and O–H groups in total. The molecule has 0 bridgehead atoms. The van der Waals surface area contributed by atoms with Gasteiger partial charge in [0, 0.05) is 21.8 Å². The van der Waals surface area contributed by atoms with Gasteiger partial charge in [0.25, 0.3) is 0 Å². The van der Waals surface area contributed by atoms with Crippen LogP contribution < -0.4 is 5.48 Å². The molecule has 2 aromatic rings. The van der Waals surface area contributed by atoms with Gasteiger partial charge >= 0.3 is 0 Å². The second-order valence-electron chi connectivity index (χ2n) is 4.01. The zero-order chi connectivity index (χ0) is 13.1. The third kappa shape index (κ3) is 2.32. The van der Waals surface area contributed by atoms with Crippen molar-refractivity contribution in [3.8, 4) is 11.3 Å². The highest BCUT2D eigenvalue weighted by molar-refractivity contribution is 7.99. The standard InChI is InChI=1S/C13H12N4OS/c18-17-8-16-13-10-5-6-19-11-4-2-1-3-9(11)12(10)14-7-15-13/h1-4,7-8,18H,5-6H2,(H,14,15,16,17). The average molecular weight is 272 g/mol. The SMILES string of the molecule is ONC=Nc1ncnc2c1CCSc1ccccc1-2. The Bertz CT molecular complexity index is 630. The van der Waals surface area contributed by atoms with E-state index in [1.807, 2.05) is 29.4 Å². The molecule has 19 heavy (non-hydrogen) atoms. The molecular formula is C13H12N4OS. The highest BCUT2D eigenvalue weighted by atomic mass is 32.2. The number of hydrogen-bond donors (Lipinski definition) is 2. The van der Waals surface area contributed by atoms with Crippen molar-refractivity contribution < 1.29 is 5.21 Å². The molecule has 0 amide bonds. The fraction of sp³-hybridized carbons (Fsp3) is 0.154. The van der Waals surface area contributed by atoms with E-state index in [4.69, 9.17) is 5.21 Å². The van der Waals surface area contributed by atoms with Gasteiger partial charge in [-0.2, -0.15) is 0 Å². The quantitative estimate of drug-likeness (QED) is 0.499. The molecule has 0 atom stereocenters.